The Labute approximate surface area is 104 Å². The first-order chi connectivity index (χ1) is 7.04. The van der Waals surface area contributed by atoms with E-state index in [-0.39, 0.29) is 6.04 Å². The van der Waals surface area contributed by atoms with Crippen molar-refractivity contribution in [2.75, 3.05) is 11.9 Å². The average Bonchev–Trinajstić information content (AvgIpc) is 2.16. The third-order valence-electron chi connectivity index (χ3n) is 2.19. The van der Waals surface area contributed by atoms with Crippen LogP contribution in [-0.4, -0.2) is 17.6 Å². The van der Waals surface area contributed by atoms with Crippen molar-refractivity contribution < 1.29 is 0 Å². The average molecular weight is 293 g/mol. The van der Waals surface area contributed by atoms with E-state index in [2.05, 4.69) is 40.1 Å². The number of nitrogens with zero attached hydrogens (tertiary/aromatic N) is 1. The molecule has 0 fully saturated rings. The van der Waals surface area contributed by atoms with Crippen molar-refractivity contribution in [2.24, 2.45) is 11.7 Å². The number of hydrogen-bond donors (Lipinski definition) is 2. The molecule has 3 nitrogen and oxygen atoms in total. The molecule has 0 aliphatic rings. The van der Waals surface area contributed by atoms with Crippen molar-refractivity contribution in [3.63, 3.8) is 0 Å². The van der Waals surface area contributed by atoms with E-state index in [0.717, 1.165) is 4.47 Å². The predicted molar refractivity (Wildman–Crippen MR) is 68.3 cm³/mol. The van der Waals surface area contributed by atoms with Gasteiger partial charge in [-0.2, -0.15) is 0 Å². The molecule has 0 amide bonds. The summed E-state index contributed by atoms with van der Waals surface area (Å²) in [5.74, 6) is 1.13. The summed E-state index contributed by atoms with van der Waals surface area (Å²) in [5.41, 5.74) is 5.66. The molecule has 84 valence electrons. The molecule has 1 atom stereocenters. The maximum absolute atomic E-state index is 6.04. The molecule has 1 unspecified atom stereocenters. The minimum Gasteiger partial charge on any atom is -0.365 e. The van der Waals surface area contributed by atoms with Crippen LogP contribution in [0.25, 0.3) is 0 Å². The first-order valence-corrected chi connectivity index (χ1v) is 5.99. The minimum absolute atomic E-state index is 0.191. The lowest BCUT2D eigenvalue weighted by Gasteiger charge is -2.21. The number of nitrogens with one attached hydrogen (secondary N) is 1. The number of rotatable bonds is 4. The van der Waals surface area contributed by atoms with Crippen molar-refractivity contribution in [1.82, 2.24) is 4.98 Å². The number of halogens is 2. The number of aromatic nitrogens is 1. The van der Waals surface area contributed by atoms with Gasteiger partial charge in [0.2, 0.25) is 0 Å². The van der Waals surface area contributed by atoms with E-state index in [4.69, 9.17) is 17.3 Å². The third-order valence-corrected chi connectivity index (χ3v) is 2.91. The van der Waals surface area contributed by atoms with Crippen LogP contribution in [0.5, 0.6) is 0 Å². The second-order valence-corrected chi connectivity index (χ2v) is 5.04. The Balaban J connectivity index is 2.79. The summed E-state index contributed by atoms with van der Waals surface area (Å²) in [6.07, 6.45) is 1.71. The van der Waals surface area contributed by atoms with Crippen LogP contribution in [0.15, 0.2) is 16.7 Å². The highest BCUT2D eigenvalue weighted by molar-refractivity contribution is 9.10. The van der Waals surface area contributed by atoms with E-state index in [9.17, 15) is 0 Å². The SMILES string of the molecule is CC(C)C(CN)Nc1ncc(Br)cc1Cl. The van der Waals surface area contributed by atoms with Gasteiger partial charge in [0.25, 0.3) is 0 Å². The van der Waals surface area contributed by atoms with E-state index >= 15 is 0 Å². The number of nitrogens with two attached hydrogens (primary N) is 1. The highest BCUT2D eigenvalue weighted by Crippen LogP contribution is 2.24. The lowest BCUT2D eigenvalue weighted by atomic mass is 10.1. The second kappa shape index (κ2) is 5.68. The molecule has 5 heteroatoms. The van der Waals surface area contributed by atoms with Crippen molar-refractivity contribution in [3.8, 4) is 0 Å². The van der Waals surface area contributed by atoms with Crippen LogP contribution in [0.4, 0.5) is 5.82 Å². The molecule has 1 aromatic heterocycles. The van der Waals surface area contributed by atoms with Gasteiger partial charge >= 0.3 is 0 Å². The molecule has 1 heterocycles. The zero-order chi connectivity index (χ0) is 11.4. The van der Waals surface area contributed by atoms with E-state index in [0.29, 0.717) is 23.3 Å². The zero-order valence-electron chi connectivity index (χ0n) is 8.80. The Morgan fingerprint density at radius 2 is 2.27 bits per heavy atom. The molecule has 0 spiro atoms. The summed E-state index contributed by atoms with van der Waals surface area (Å²) >= 11 is 9.35. The molecule has 0 saturated heterocycles. The van der Waals surface area contributed by atoms with Gasteiger partial charge in [0.15, 0.2) is 0 Å². The van der Waals surface area contributed by atoms with Gasteiger partial charge in [-0.25, -0.2) is 4.98 Å². The maximum atomic E-state index is 6.04. The van der Waals surface area contributed by atoms with Crippen LogP contribution in [0.2, 0.25) is 5.02 Å². The Morgan fingerprint density at radius 3 is 2.73 bits per heavy atom. The van der Waals surface area contributed by atoms with Gasteiger partial charge in [-0.05, 0) is 27.9 Å². The highest BCUT2D eigenvalue weighted by Gasteiger charge is 2.13. The van der Waals surface area contributed by atoms with Crippen LogP contribution in [0, 0.1) is 5.92 Å². The Hall–Kier alpha value is -0.320. The van der Waals surface area contributed by atoms with Gasteiger partial charge in [0, 0.05) is 23.3 Å². The van der Waals surface area contributed by atoms with E-state index < -0.39 is 0 Å². The summed E-state index contributed by atoms with van der Waals surface area (Å²) in [5, 5.41) is 3.84. The summed E-state index contributed by atoms with van der Waals surface area (Å²) in [7, 11) is 0. The third kappa shape index (κ3) is 3.63. The van der Waals surface area contributed by atoms with Crippen LogP contribution >= 0.6 is 27.5 Å². The van der Waals surface area contributed by atoms with Crippen LogP contribution in [0.3, 0.4) is 0 Å². The first kappa shape index (κ1) is 12.7. The molecule has 0 aromatic carbocycles. The predicted octanol–water partition coefficient (Wildman–Crippen LogP) is 2.89. The fourth-order valence-electron chi connectivity index (χ4n) is 1.19. The molecular weight excluding hydrogens is 277 g/mol. The van der Waals surface area contributed by atoms with E-state index in [1.54, 1.807) is 6.20 Å². The molecule has 1 rings (SSSR count). The van der Waals surface area contributed by atoms with Gasteiger partial charge in [0.05, 0.1) is 5.02 Å². The lowest BCUT2D eigenvalue weighted by molar-refractivity contribution is 0.530. The smallest absolute Gasteiger partial charge is 0.145 e. The lowest BCUT2D eigenvalue weighted by Crippen LogP contribution is -2.34. The molecule has 3 N–H and O–H groups in total. The van der Waals surface area contributed by atoms with Crippen LogP contribution in [0.1, 0.15) is 13.8 Å². The van der Waals surface area contributed by atoms with Gasteiger partial charge in [-0.3, -0.25) is 0 Å². The van der Waals surface area contributed by atoms with Gasteiger partial charge < -0.3 is 11.1 Å². The van der Waals surface area contributed by atoms with E-state index in [1.165, 1.54) is 0 Å². The molecule has 0 aliphatic heterocycles. The number of pyridine rings is 1. The first-order valence-electron chi connectivity index (χ1n) is 4.82. The normalized spacial score (nSPS) is 12.9. The van der Waals surface area contributed by atoms with Crippen molar-refractivity contribution in [1.29, 1.82) is 0 Å². The Morgan fingerprint density at radius 1 is 1.60 bits per heavy atom. The standard InChI is InChI=1S/C10H15BrClN3/c1-6(2)9(4-13)15-10-8(12)3-7(11)5-14-10/h3,5-6,9H,4,13H2,1-2H3,(H,14,15). The Bertz CT molecular complexity index is 330. The maximum Gasteiger partial charge on any atom is 0.145 e. The zero-order valence-corrected chi connectivity index (χ0v) is 11.1. The Kier molecular flexibility index (Phi) is 4.83. The van der Waals surface area contributed by atoms with Gasteiger partial charge in [0.1, 0.15) is 5.82 Å². The van der Waals surface area contributed by atoms with Crippen molar-refractivity contribution in [3.05, 3.63) is 21.8 Å². The number of anilines is 1. The summed E-state index contributed by atoms with van der Waals surface area (Å²) in [4.78, 5) is 4.20. The molecule has 0 radical (unpaired) electrons. The minimum atomic E-state index is 0.191. The monoisotopic (exact) mass is 291 g/mol. The molecule has 1 aromatic rings. The van der Waals surface area contributed by atoms with Crippen LogP contribution < -0.4 is 11.1 Å². The largest absolute Gasteiger partial charge is 0.365 e. The summed E-state index contributed by atoms with van der Waals surface area (Å²) < 4.78 is 0.867. The summed E-state index contributed by atoms with van der Waals surface area (Å²) in [6, 6.07) is 2.00. The van der Waals surface area contributed by atoms with E-state index in [1.807, 2.05) is 6.07 Å². The quantitative estimate of drug-likeness (QED) is 0.897. The molecular formula is C10H15BrClN3. The summed E-state index contributed by atoms with van der Waals surface area (Å²) in [6.45, 7) is 4.78. The molecule has 0 bridgehead atoms. The fourth-order valence-corrected chi connectivity index (χ4v) is 1.88. The highest BCUT2D eigenvalue weighted by atomic mass is 79.9. The van der Waals surface area contributed by atoms with Gasteiger partial charge in [-0.1, -0.05) is 25.4 Å². The van der Waals surface area contributed by atoms with Gasteiger partial charge in [-0.15, -0.1) is 0 Å². The van der Waals surface area contributed by atoms with Crippen molar-refractivity contribution >= 4 is 33.3 Å². The van der Waals surface area contributed by atoms with Crippen molar-refractivity contribution in [2.45, 2.75) is 19.9 Å². The topological polar surface area (TPSA) is 50.9 Å². The molecule has 0 saturated carbocycles. The molecule has 0 aliphatic carbocycles. The second-order valence-electron chi connectivity index (χ2n) is 3.71. The van der Waals surface area contributed by atoms with Crippen LogP contribution in [-0.2, 0) is 0 Å². The molecule has 15 heavy (non-hydrogen) atoms. The fraction of sp³-hybridized carbons (Fsp3) is 0.500. The number of hydrogen-bond acceptors (Lipinski definition) is 3.